The third-order valence-corrected chi connectivity index (χ3v) is 3.15. The van der Waals surface area contributed by atoms with Gasteiger partial charge >= 0.3 is 0 Å². The van der Waals surface area contributed by atoms with Crippen LogP contribution in [0.25, 0.3) is 0 Å². The van der Waals surface area contributed by atoms with Gasteiger partial charge in [0.25, 0.3) is 0 Å². The predicted octanol–water partition coefficient (Wildman–Crippen LogP) is 1.37. The zero-order valence-corrected chi connectivity index (χ0v) is 9.20. The van der Waals surface area contributed by atoms with Gasteiger partial charge in [-0.1, -0.05) is 0 Å². The van der Waals surface area contributed by atoms with E-state index in [1.807, 2.05) is 18.1 Å². The van der Waals surface area contributed by atoms with Crippen molar-refractivity contribution in [2.24, 2.45) is 5.73 Å². The van der Waals surface area contributed by atoms with Gasteiger partial charge in [-0.15, -0.1) is 10.2 Å². The normalized spacial score (nSPS) is 18.4. The third-order valence-electron chi connectivity index (χ3n) is 2.51. The largest absolute Gasteiger partial charge is 0.321 e. The summed E-state index contributed by atoms with van der Waals surface area (Å²) < 4.78 is 2.14. The Hall–Kier alpha value is -0.550. The maximum absolute atomic E-state index is 6.06. The average Bonchev–Trinajstić information content (AvgIpc) is 2.93. The lowest BCUT2D eigenvalue weighted by atomic mass is 10.2. The Balaban J connectivity index is 2.02. The second-order valence-electron chi connectivity index (χ2n) is 3.72. The lowest BCUT2D eigenvalue weighted by Gasteiger charge is -2.11. The fourth-order valence-corrected chi connectivity index (χ4v) is 2.01. The summed E-state index contributed by atoms with van der Waals surface area (Å²) in [6.45, 7) is 0. The van der Waals surface area contributed by atoms with E-state index in [0.717, 1.165) is 18.0 Å². The zero-order chi connectivity index (χ0) is 9.97. The van der Waals surface area contributed by atoms with Crippen molar-refractivity contribution in [3.05, 3.63) is 12.2 Å². The second-order valence-corrected chi connectivity index (χ2v) is 4.70. The predicted molar refractivity (Wildman–Crippen MR) is 58.2 cm³/mol. The van der Waals surface area contributed by atoms with Crippen LogP contribution in [-0.2, 0) is 0 Å². The van der Waals surface area contributed by atoms with Gasteiger partial charge in [0.15, 0.2) is 0 Å². The van der Waals surface area contributed by atoms with E-state index in [4.69, 9.17) is 5.73 Å². The standard InChI is InChI=1S/C9H16N4S/c1-14-5-4-8(10)9-12-11-6-13(9)7-2-3-7/h6-8H,2-5,10H2,1H3/t8-/m1/s1. The van der Waals surface area contributed by atoms with Crippen molar-refractivity contribution in [2.45, 2.75) is 31.3 Å². The molecule has 1 aromatic heterocycles. The van der Waals surface area contributed by atoms with Gasteiger partial charge in [-0.25, -0.2) is 0 Å². The lowest BCUT2D eigenvalue weighted by molar-refractivity contribution is 0.584. The Labute approximate surface area is 88.3 Å². The smallest absolute Gasteiger partial charge is 0.150 e. The van der Waals surface area contributed by atoms with E-state index < -0.39 is 0 Å². The molecule has 0 unspecified atom stereocenters. The fourth-order valence-electron chi connectivity index (χ4n) is 1.52. The highest BCUT2D eigenvalue weighted by atomic mass is 32.2. The molecule has 1 fully saturated rings. The highest BCUT2D eigenvalue weighted by Gasteiger charge is 2.27. The van der Waals surface area contributed by atoms with Gasteiger partial charge in [-0.05, 0) is 31.3 Å². The molecule has 0 bridgehead atoms. The monoisotopic (exact) mass is 212 g/mol. The van der Waals surface area contributed by atoms with Gasteiger partial charge in [-0.3, -0.25) is 0 Å². The number of thioether (sulfide) groups is 1. The lowest BCUT2D eigenvalue weighted by Crippen LogP contribution is -2.17. The number of rotatable bonds is 5. The van der Waals surface area contributed by atoms with Crippen molar-refractivity contribution in [1.82, 2.24) is 14.8 Å². The molecule has 1 aromatic rings. The molecule has 2 N–H and O–H groups in total. The maximum atomic E-state index is 6.06. The Morgan fingerprint density at radius 1 is 1.71 bits per heavy atom. The van der Waals surface area contributed by atoms with Crippen molar-refractivity contribution in [3.8, 4) is 0 Å². The van der Waals surface area contributed by atoms with E-state index in [0.29, 0.717) is 6.04 Å². The first-order valence-electron chi connectivity index (χ1n) is 4.97. The molecule has 1 saturated carbocycles. The summed E-state index contributed by atoms with van der Waals surface area (Å²) in [5.74, 6) is 2.04. The summed E-state index contributed by atoms with van der Waals surface area (Å²) in [5.41, 5.74) is 6.06. The van der Waals surface area contributed by atoms with Gasteiger partial charge < -0.3 is 10.3 Å². The summed E-state index contributed by atoms with van der Waals surface area (Å²) in [6, 6.07) is 0.672. The quantitative estimate of drug-likeness (QED) is 0.801. The SMILES string of the molecule is CSCC[C@@H](N)c1nncn1C1CC1. The van der Waals surface area contributed by atoms with Crippen LogP contribution in [0.4, 0.5) is 0 Å². The molecule has 4 nitrogen and oxygen atoms in total. The Kier molecular flexibility index (Phi) is 3.08. The highest BCUT2D eigenvalue weighted by Crippen LogP contribution is 2.36. The van der Waals surface area contributed by atoms with Gasteiger partial charge in [-0.2, -0.15) is 11.8 Å². The molecule has 0 aromatic carbocycles. The molecule has 0 saturated heterocycles. The molecule has 1 heterocycles. The minimum Gasteiger partial charge on any atom is -0.321 e. The van der Waals surface area contributed by atoms with Crippen LogP contribution in [0.1, 0.15) is 37.2 Å². The van der Waals surface area contributed by atoms with Crippen molar-refractivity contribution >= 4 is 11.8 Å². The molecular weight excluding hydrogens is 196 g/mol. The Morgan fingerprint density at radius 3 is 3.14 bits per heavy atom. The average molecular weight is 212 g/mol. The molecule has 1 atom stereocenters. The first-order chi connectivity index (χ1) is 6.83. The third kappa shape index (κ3) is 2.09. The van der Waals surface area contributed by atoms with E-state index in [1.165, 1.54) is 12.8 Å². The first kappa shape index (κ1) is 9.98. The maximum Gasteiger partial charge on any atom is 0.150 e. The van der Waals surface area contributed by atoms with E-state index in [-0.39, 0.29) is 6.04 Å². The van der Waals surface area contributed by atoms with E-state index in [9.17, 15) is 0 Å². The molecule has 1 aliphatic rings. The second kappa shape index (κ2) is 4.31. The fraction of sp³-hybridized carbons (Fsp3) is 0.778. The molecule has 78 valence electrons. The number of aromatic nitrogens is 3. The summed E-state index contributed by atoms with van der Waals surface area (Å²) in [6.07, 6.45) is 7.39. The molecule has 0 aliphatic heterocycles. The topological polar surface area (TPSA) is 56.7 Å². The minimum atomic E-state index is 0.0468. The summed E-state index contributed by atoms with van der Waals surface area (Å²) in [7, 11) is 0. The van der Waals surface area contributed by atoms with Crippen molar-refractivity contribution in [1.29, 1.82) is 0 Å². The minimum absolute atomic E-state index is 0.0468. The molecule has 1 aliphatic carbocycles. The highest BCUT2D eigenvalue weighted by molar-refractivity contribution is 7.98. The van der Waals surface area contributed by atoms with Gasteiger partial charge in [0.05, 0.1) is 6.04 Å². The van der Waals surface area contributed by atoms with Gasteiger partial charge in [0, 0.05) is 6.04 Å². The first-order valence-corrected chi connectivity index (χ1v) is 6.36. The number of hydrogen-bond acceptors (Lipinski definition) is 4. The number of hydrogen-bond donors (Lipinski definition) is 1. The molecule has 0 spiro atoms. The van der Waals surface area contributed by atoms with Crippen molar-refractivity contribution < 1.29 is 0 Å². The molecule has 14 heavy (non-hydrogen) atoms. The van der Waals surface area contributed by atoms with Crippen molar-refractivity contribution in [2.75, 3.05) is 12.0 Å². The Bertz CT molecular complexity index is 295. The van der Waals surface area contributed by atoms with Crippen LogP contribution in [-0.4, -0.2) is 26.8 Å². The van der Waals surface area contributed by atoms with Crippen LogP contribution < -0.4 is 5.73 Å². The van der Waals surface area contributed by atoms with Crippen LogP contribution in [0.2, 0.25) is 0 Å². The summed E-state index contributed by atoms with van der Waals surface area (Å²) in [4.78, 5) is 0. The molecule has 0 amide bonds. The molecule has 2 rings (SSSR count). The zero-order valence-electron chi connectivity index (χ0n) is 8.39. The van der Waals surface area contributed by atoms with Crippen LogP contribution in [0.3, 0.4) is 0 Å². The molecule has 5 heteroatoms. The summed E-state index contributed by atoms with van der Waals surface area (Å²) >= 11 is 1.82. The van der Waals surface area contributed by atoms with Crippen LogP contribution in [0.5, 0.6) is 0 Å². The number of nitrogens with zero attached hydrogens (tertiary/aromatic N) is 3. The van der Waals surface area contributed by atoms with Gasteiger partial charge in [0.1, 0.15) is 12.2 Å². The van der Waals surface area contributed by atoms with Crippen LogP contribution in [0, 0.1) is 0 Å². The molecule has 0 radical (unpaired) electrons. The van der Waals surface area contributed by atoms with Crippen LogP contribution in [0.15, 0.2) is 6.33 Å². The summed E-state index contributed by atoms with van der Waals surface area (Å²) in [5, 5.41) is 8.05. The van der Waals surface area contributed by atoms with Crippen LogP contribution >= 0.6 is 11.8 Å². The number of nitrogens with two attached hydrogens (primary N) is 1. The Morgan fingerprint density at radius 2 is 2.50 bits per heavy atom. The van der Waals surface area contributed by atoms with E-state index >= 15 is 0 Å². The van der Waals surface area contributed by atoms with Crippen molar-refractivity contribution in [3.63, 3.8) is 0 Å². The molecular formula is C9H16N4S. The van der Waals surface area contributed by atoms with E-state index in [2.05, 4.69) is 21.0 Å². The van der Waals surface area contributed by atoms with Gasteiger partial charge in [0.2, 0.25) is 0 Å². The van der Waals surface area contributed by atoms with E-state index in [1.54, 1.807) is 0 Å².